The molecule has 0 spiro atoms. The number of hydrazone groups is 1. The van der Waals surface area contributed by atoms with Gasteiger partial charge in [0.15, 0.2) is 0 Å². The van der Waals surface area contributed by atoms with Gasteiger partial charge in [0.1, 0.15) is 4.88 Å². The molecule has 2 aromatic heterocycles. The minimum Gasteiger partial charge on any atom is -0.266 e. The number of rotatable bonds is 3. The van der Waals surface area contributed by atoms with E-state index in [1.165, 1.54) is 0 Å². The van der Waals surface area contributed by atoms with Crippen molar-refractivity contribution in [1.29, 1.82) is 0 Å². The molecule has 0 radical (unpaired) electrons. The molecule has 0 aliphatic carbocycles. The maximum atomic E-state index is 11.6. The van der Waals surface area contributed by atoms with Crippen molar-refractivity contribution < 1.29 is 4.79 Å². The smallest absolute Gasteiger partial charge is 0.266 e. The van der Waals surface area contributed by atoms with Crippen molar-refractivity contribution in [2.75, 3.05) is 0 Å². The first-order chi connectivity index (χ1) is 8.27. The maximum absolute atomic E-state index is 11.6. The highest BCUT2D eigenvalue weighted by molar-refractivity contribution is 7.07. The van der Waals surface area contributed by atoms with E-state index in [0.29, 0.717) is 10.6 Å². The second-order valence-corrected chi connectivity index (χ2v) is 3.92. The summed E-state index contributed by atoms with van der Waals surface area (Å²) >= 11 is 1.05. The van der Waals surface area contributed by atoms with Crippen molar-refractivity contribution in [1.82, 2.24) is 20.0 Å². The fraction of sp³-hybridized carbons (Fsp3) is 0.100. The lowest BCUT2D eigenvalue weighted by Crippen LogP contribution is -2.17. The number of aryl methyl sites for hydroxylation is 1. The van der Waals surface area contributed by atoms with Crippen LogP contribution in [0.5, 0.6) is 0 Å². The van der Waals surface area contributed by atoms with Gasteiger partial charge in [0, 0.05) is 12.4 Å². The minimum absolute atomic E-state index is 0.303. The highest BCUT2D eigenvalue weighted by atomic mass is 32.1. The molecule has 2 aromatic rings. The van der Waals surface area contributed by atoms with Crippen LogP contribution in [0, 0.1) is 6.92 Å². The van der Waals surface area contributed by atoms with E-state index in [2.05, 4.69) is 25.1 Å². The molecule has 0 saturated heterocycles. The number of nitrogens with one attached hydrogen (secondary N) is 1. The third-order valence-corrected chi connectivity index (χ3v) is 2.77. The highest BCUT2D eigenvalue weighted by Gasteiger charge is 2.11. The summed E-state index contributed by atoms with van der Waals surface area (Å²) in [6.07, 6.45) is 4.85. The third-order valence-electron chi connectivity index (χ3n) is 1.94. The molecule has 0 saturated carbocycles. The van der Waals surface area contributed by atoms with Crippen LogP contribution in [0.2, 0.25) is 0 Å². The molecule has 86 valence electrons. The number of hydrogen-bond acceptors (Lipinski definition) is 6. The molecular formula is C10H9N5OS. The van der Waals surface area contributed by atoms with Crippen LogP contribution in [0.15, 0.2) is 29.6 Å². The van der Waals surface area contributed by atoms with Gasteiger partial charge in [-0.15, -0.1) is 5.10 Å². The third kappa shape index (κ3) is 2.91. The lowest BCUT2D eigenvalue weighted by atomic mass is 10.3. The Labute approximate surface area is 102 Å². The molecule has 7 heteroatoms. The van der Waals surface area contributed by atoms with Crippen LogP contribution in [0.25, 0.3) is 0 Å². The number of hydrogen-bond donors (Lipinski definition) is 1. The molecule has 0 atom stereocenters. The van der Waals surface area contributed by atoms with E-state index in [0.717, 1.165) is 17.1 Å². The second-order valence-electron chi connectivity index (χ2n) is 3.17. The molecule has 0 aromatic carbocycles. The first-order valence-electron chi connectivity index (χ1n) is 4.80. The largest absolute Gasteiger partial charge is 0.285 e. The Balaban J connectivity index is 1.98. The van der Waals surface area contributed by atoms with Gasteiger partial charge in [0.2, 0.25) is 0 Å². The number of carbonyl (C=O) groups excluding carboxylic acids is 1. The Bertz CT molecular complexity index is 537. The molecule has 6 nitrogen and oxygen atoms in total. The van der Waals surface area contributed by atoms with E-state index in [4.69, 9.17) is 0 Å². The molecule has 0 unspecified atom stereocenters. The van der Waals surface area contributed by atoms with E-state index in [-0.39, 0.29) is 5.91 Å². The van der Waals surface area contributed by atoms with Crippen molar-refractivity contribution in [2.24, 2.45) is 5.10 Å². The standard InChI is InChI=1S/C10H9N5OS/c1-7-9(17-15-13-7)10(16)14-12-6-8-2-4-11-5-3-8/h2-6H,1H3,(H,14,16)/b12-6+. The zero-order valence-electron chi connectivity index (χ0n) is 8.99. The van der Waals surface area contributed by atoms with Crippen molar-refractivity contribution in [3.05, 3.63) is 40.7 Å². The first-order valence-corrected chi connectivity index (χ1v) is 5.57. The van der Waals surface area contributed by atoms with Crippen LogP contribution in [0.1, 0.15) is 20.9 Å². The predicted molar refractivity (Wildman–Crippen MR) is 63.9 cm³/mol. The van der Waals surface area contributed by atoms with Crippen molar-refractivity contribution in [3.8, 4) is 0 Å². The highest BCUT2D eigenvalue weighted by Crippen LogP contribution is 2.08. The number of pyridine rings is 1. The Morgan fingerprint density at radius 3 is 2.88 bits per heavy atom. The molecule has 2 rings (SSSR count). The topological polar surface area (TPSA) is 80.1 Å². The van der Waals surface area contributed by atoms with Gasteiger partial charge in [-0.05, 0) is 36.2 Å². The molecule has 2 heterocycles. The average Bonchev–Trinajstić information content (AvgIpc) is 2.77. The zero-order valence-corrected chi connectivity index (χ0v) is 9.81. The maximum Gasteiger partial charge on any atom is 0.285 e. The Hall–Kier alpha value is -2.15. The van der Waals surface area contributed by atoms with Crippen molar-refractivity contribution in [2.45, 2.75) is 6.92 Å². The van der Waals surface area contributed by atoms with Crippen LogP contribution in [0.3, 0.4) is 0 Å². The SMILES string of the molecule is Cc1nnsc1C(=O)N/N=C/c1ccncc1. The lowest BCUT2D eigenvalue weighted by Gasteiger charge is -1.95. The number of carbonyl (C=O) groups is 1. The van der Waals surface area contributed by atoms with Gasteiger partial charge in [0.05, 0.1) is 11.9 Å². The molecule has 0 bridgehead atoms. The van der Waals surface area contributed by atoms with E-state index in [1.54, 1.807) is 37.7 Å². The molecule has 0 fully saturated rings. The van der Waals surface area contributed by atoms with Gasteiger partial charge in [-0.25, -0.2) is 5.43 Å². The molecule has 0 aliphatic rings. The van der Waals surface area contributed by atoms with Gasteiger partial charge in [-0.3, -0.25) is 9.78 Å². The number of aromatic nitrogens is 3. The van der Waals surface area contributed by atoms with Crippen molar-refractivity contribution >= 4 is 23.7 Å². The van der Waals surface area contributed by atoms with Gasteiger partial charge in [-0.2, -0.15) is 5.10 Å². The summed E-state index contributed by atoms with van der Waals surface area (Å²) in [5.74, 6) is -0.303. The fourth-order valence-electron chi connectivity index (χ4n) is 1.11. The summed E-state index contributed by atoms with van der Waals surface area (Å²) < 4.78 is 3.68. The summed E-state index contributed by atoms with van der Waals surface area (Å²) in [4.78, 5) is 16.0. The quantitative estimate of drug-likeness (QED) is 0.648. The average molecular weight is 247 g/mol. The molecule has 1 N–H and O–H groups in total. The zero-order chi connectivity index (χ0) is 12.1. The molecule has 17 heavy (non-hydrogen) atoms. The summed E-state index contributed by atoms with van der Waals surface area (Å²) in [5, 5.41) is 7.59. The van der Waals surface area contributed by atoms with Gasteiger partial charge in [0.25, 0.3) is 5.91 Å². The molecular weight excluding hydrogens is 238 g/mol. The van der Waals surface area contributed by atoms with Gasteiger partial charge >= 0.3 is 0 Å². The minimum atomic E-state index is -0.303. The van der Waals surface area contributed by atoms with E-state index in [1.807, 2.05) is 0 Å². The fourth-order valence-corrected chi connectivity index (χ4v) is 1.65. The Kier molecular flexibility index (Phi) is 3.51. The van der Waals surface area contributed by atoms with Crippen LogP contribution < -0.4 is 5.43 Å². The van der Waals surface area contributed by atoms with Gasteiger partial charge in [-0.1, -0.05) is 4.49 Å². The number of amides is 1. The van der Waals surface area contributed by atoms with Crippen LogP contribution in [-0.2, 0) is 0 Å². The summed E-state index contributed by atoms with van der Waals surface area (Å²) in [7, 11) is 0. The van der Waals surface area contributed by atoms with E-state index in [9.17, 15) is 4.79 Å². The monoisotopic (exact) mass is 247 g/mol. The Morgan fingerprint density at radius 2 is 2.24 bits per heavy atom. The lowest BCUT2D eigenvalue weighted by molar-refractivity contribution is 0.0958. The molecule has 1 amide bonds. The van der Waals surface area contributed by atoms with E-state index >= 15 is 0 Å². The van der Waals surface area contributed by atoms with Crippen LogP contribution in [0.4, 0.5) is 0 Å². The van der Waals surface area contributed by atoms with Gasteiger partial charge < -0.3 is 0 Å². The molecule has 0 aliphatic heterocycles. The predicted octanol–water partition coefficient (Wildman–Crippen LogP) is 1.01. The first kappa shape index (κ1) is 11.3. The van der Waals surface area contributed by atoms with Crippen LogP contribution in [-0.4, -0.2) is 26.7 Å². The second kappa shape index (κ2) is 5.26. The van der Waals surface area contributed by atoms with Crippen LogP contribution >= 0.6 is 11.5 Å². The number of nitrogens with zero attached hydrogens (tertiary/aromatic N) is 4. The summed E-state index contributed by atoms with van der Waals surface area (Å²) in [6.45, 7) is 1.73. The normalized spacial score (nSPS) is 10.6. The van der Waals surface area contributed by atoms with Crippen molar-refractivity contribution in [3.63, 3.8) is 0 Å². The summed E-state index contributed by atoms with van der Waals surface area (Å²) in [6, 6.07) is 3.57. The Morgan fingerprint density at radius 1 is 1.47 bits per heavy atom. The summed E-state index contributed by atoms with van der Waals surface area (Å²) in [5.41, 5.74) is 3.88. The van der Waals surface area contributed by atoms with E-state index < -0.39 is 0 Å².